The molecule has 0 aromatic carbocycles. The van der Waals surface area contributed by atoms with Crippen LogP contribution in [0.15, 0.2) is 0 Å². The average molecular weight is 238 g/mol. The van der Waals surface area contributed by atoms with E-state index in [9.17, 15) is 4.79 Å². The topological polar surface area (TPSA) is 46.3 Å². The van der Waals surface area contributed by atoms with E-state index in [1.807, 2.05) is 0 Å². The summed E-state index contributed by atoms with van der Waals surface area (Å²) >= 11 is 0. The van der Waals surface area contributed by atoms with Gasteiger partial charge in [0.15, 0.2) is 0 Å². The van der Waals surface area contributed by atoms with Gasteiger partial charge in [-0.2, -0.15) is 0 Å². The highest BCUT2D eigenvalue weighted by molar-refractivity contribution is 5.79. The van der Waals surface area contributed by atoms with Crippen molar-refractivity contribution in [2.24, 2.45) is 17.6 Å². The highest BCUT2D eigenvalue weighted by atomic mass is 16.2. The maximum Gasteiger partial charge on any atom is 0.225 e. The van der Waals surface area contributed by atoms with E-state index in [0.29, 0.717) is 5.91 Å². The number of rotatable bonds is 2. The lowest BCUT2D eigenvalue weighted by atomic mass is 9.98. The number of carbonyl (C=O) groups excluding carboxylic acids is 1. The lowest BCUT2D eigenvalue weighted by molar-refractivity contribution is -0.135. The maximum absolute atomic E-state index is 12.4. The van der Waals surface area contributed by atoms with Gasteiger partial charge in [0.05, 0.1) is 0 Å². The predicted molar refractivity (Wildman–Crippen MR) is 69.5 cm³/mol. The largest absolute Gasteiger partial charge is 0.342 e. The Hall–Kier alpha value is -0.570. The van der Waals surface area contributed by atoms with E-state index in [2.05, 4.69) is 11.8 Å². The van der Waals surface area contributed by atoms with Gasteiger partial charge < -0.3 is 10.6 Å². The molecule has 98 valence electrons. The Morgan fingerprint density at radius 1 is 1.24 bits per heavy atom. The summed E-state index contributed by atoms with van der Waals surface area (Å²) in [6, 6.07) is 0.263. The summed E-state index contributed by atoms with van der Waals surface area (Å²) < 4.78 is 0. The smallest absolute Gasteiger partial charge is 0.225 e. The second-order valence-corrected chi connectivity index (χ2v) is 5.80. The molecule has 2 aliphatic rings. The maximum atomic E-state index is 12.4. The molecular weight excluding hydrogens is 212 g/mol. The minimum Gasteiger partial charge on any atom is -0.342 e. The number of hydrogen-bond acceptors (Lipinski definition) is 2. The van der Waals surface area contributed by atoms with Gasteiger partial charge in [0.25, 0.3) is 0 Å². The van der Waals surface area contributed by atoms with Crippen LogP contribution in [0.3, 0.4) is 0 Å². The molecule has 1 saturated heterocycles. The molecule has 0 aromatic heterocycles. The van der Waals surface area contributed by atoms with Crippen molar-refractivity contribution in [3.8, 4) is 0 Å². The summed E-state index contributed by atoms with van der Waals surface area (Å²) in [4.78, 5) is 14.5. The molecule has 2 rings (SSSR count). The van der Waals surface area contributed by atoms with E-state index >= 15 is 0 Å². The van der Waals surface area contributed by atoms with Crippen LogP contribution in [-0.2, 0) is 4.79 Å². The molecule has 0 bridgehead atoms. The lowest BCUT2D eigenvalue weighted by Gasteiger charge is -2.24. The van der Waals surface area contributed by atoms with Gasteiger partial charge in [0.2, 0.25) is 5.91 Å². The Morgan fingerprint density at radius 2 is 2.06 bits per heavy atom. The molecular formula is C14H26N2O. The summed E-state index contributed by atoms with van der Waals surface area (Å²) in [5, 5.41) is 0. The summed E-state index contributed by atoms with van der Waals surface area (Å²) in [5.41, 5.74) is 5.90. The Kier molecular flexibility index (Phi) is 4.43. The van der Waals surface area contributed by atoms with Gasteiger partial charge in [-0.15, -0.1) is 0 Å². The molecule has 17 heavy (non-hydrogen) atoms. The third-order valence-electron chi connectivity index (χ3n) is 4.56. The molecule has 2 fully saturated rings. The summed E-state index contributed by atoms with van der Waals surface area (Å²) in [7, 11) is 0. The molecule has 3 heteroatoms. The van der Waals surface area contributed by atoms with Crippen LogP contribution in [0.2, 0.25) is 0 Å². The first kappa shape index (κ1) is 12.9. The van der Waals surface area contributed by atoms with Crippen LogP contribution in [0.4, 0.5) is 0 Å². The van der Waals surface area contributed by atoms with Gasteiger partial charge in [-0.1, -0.05) is 13.3 Å². The van der Waals surface area contributed by atoms with Crippen molar-refractivity contribution >= 4 is 5.91 Å². The highest BCUT2D eigenvalue weighted by Gasteiger charge is 2.31. The third-order valence-corrected chi connectivity index (χ3v) is 4.56. The molecule has 1 aliphatic carbocycles. The molecule has 3 unspecified atom stereocenters. The average Bonchev–Trinajstić information content (AvgIpc) is 2.64. The van der Waals surface area contributed by atoms with Crippen LogP contribution >= 0.6 is 0 Å². The molecule has 2 N–H and O–H groups in total. The Balaban J connectivity index is 1.87. The second kappa shape index (κ2) is 5.85. The molecule has 1 saturated carbocycles. The molecule has 0 spiro atoms. The Bertz CT molecular complexity index is 267. The molecule has 1 aliphatic heterocycles. The number of amides is 1. The minimum absolute atomic E-state index is 0.225. The SMILES string of the molecule is CCC1CCCN(C(=O)C2CCC(N)C2)CC1. The van der Waals surface area contributed by atoms with E-state index in [4.69, 9.17) is 5.73 Å². The molecule has 1 heterocycles. The number of carbonyl (C=O) groups is 1. The molecule has 1 amide bonds. The van der Waals surface area contributed by atoms with Crippen molar-refractivity contribution in [1.29, 1.82) is 0 Å². The van der Waals surface area contributed by atoms with Gasteiger partial charge in [0.1, 0.15) is 0 Å². The van der Waals surface area contributed by atoms with Gasteiger partial charge in [-0.3, -0.25) is 4.79 Å². The first-order valence-corrected chi connectivity index (χ1v) is 7.25. The van der Waals surface area contributed by atoms with Crippen LogP contribution in [0.1, 0.15) is 51.9 Å². The third kappa shape index (κ3) is 3.21. The molecule has 3 atom stereocenters. The fourth-order valence-electron chi connectivity index (χ4n) is 3.29. The minimum atomic E-state index is 0.225. The van der Waals surface area contributed by atoms with Gasteiger partial charge in [-0.25, -0.2) is 0 Å². The number of likely N-dealkylation sites (tertiary alicyclic amines) is 1. The lowest BCUT2D eigenvalue weighted by Crippen LogP contribution is -2.36. The van der Waals surface area contributed by atoms with Crippen LogP contribution in [0, 0.1) is 11.8 Å². The first-order valence-electron chi connectivity index (χ1n) is 7.25. The molecule has 3 nitrogen and oxygen atoms in total. The number of nitrogens with two attached hydrogens (primary N) is 1. The van der Waals surface area contributed by atoms with E-state index in [1.54, 1.807) is 0 Å². The molecule has 0 aromatic rings. The van der Waals surface area contributed by atoms with E-state index in [0.717, 1.165) is 38.3 Å². The number of nitrogens with zero attached hydrogens (tertiary/aromatic N) is 1. The fraction of sp³-hybridized carbons (Fsp3) is 0.929. The first-order chi connectivity index (χ1) is 8.20. The van der Waals surface area contributed by atoms with Gasteiger partial charge >= 0.3 is 0 Å². The quantitative estimate of drug-likeness (QED) is 0.801. The van der Waals surface area contributed by atoms with Crippen molar-refractivity contribution in [3.05, 3.63) is 0 Å². The van der Waals surface area contributed by atoms with E-state index < -0.39 is 0 Å². The zero-order chi connectivity index (χ0) is 12.3. The van der Waals surface area contributed by atoms with Crippen LogP contribution in [0.25, 0.3) is 0 Å². The van der Waals surface area contributed by atoms with E-state index in [-0.39, 0.29) is 12.0 Å². The molecule has 0 radical (unpaired) electrons. The van der Waals surface area contributed by atoms with E-state index in [1.165, 1.54) is 25.7 Å². The Morgan fingerprint density at radius 3 is 2.71 bits per heavy atom. The zero-order valence-corrected chi connectivity index (χ0v) is 11.0. The van der Waals surface area contributed by atoms with Crippen molar-refractivity contribution < 1.29 is 4.79 Å². The summed E-state index contributed by atoms with van der Waals surface area (Å²) in [6.07, 6.45) is 7.88. The summed E-state index contributed by atoms with van der Waals surface area (Å²) in [5.74, 6) is 1.44. The van der Waals surface area contributed by atoms with Crippen molar-refractivity contribution in [1.82, 2.24) is 4.90 Å². The highest BCUT2D eigenvalue weighted by Crippen LogP contribution is 2.28. The van der Waals surface area contributed by atoms with Crippen molar-refractivity contribution in [3.63, 3.8) is 0 Å². The van der Waals surface area contributed by atoms with Gasteiger partial charge in [0, 0.05) is 25.0 Å². The number of hydrogen-bond donors (Lipinski definition) is 1. The normalized spacial score (nSPS) is 34.7. The van der Waals surface area contributed by atoms with Crippen molar-refractivity contribution in [2.75, 3.05) is 13.1 Å². The van der Waals surface area contributed by atoms with Crippen LogP contribution in [0.5, 0.6) is 0 Å². The van der Waals surface area contributed by atoms with Crippen LogP contribution < -0.4 is 5.73 Å². The summed E-state index contributed by atoms with van der Waals surface area (Å²) in [6.45, 7) is 4.21. The second-order valence-electron chi connectivity index (χ2n) is 5.80. The monoisotopic (exact) mass is 238 g/mol. The fourth-order valence-corrected chi connectivity index (χ4v) is 3.29. The predicted octanol–water partition coefficient (Wildman–Crippen LogP) is 2.15. The standard InChI is InChI=1S/C14H26N2O/c1-2-11-4-3-8-16(9-7-11)14(17)12-5-6-13(15)10-12/h11-13H,2-10,15H2,1H3. The zero-order valence-electron chi connectivity index (χ0n) is 11.0. The van der Waals surface area contributed by atoms with Crippen LogP contribution in [-0.4, -0.2) is 29.9 Å². The van der Waals surface area contributed by atoms with Gasteiger partial charge in [-0.05, 0) is 44.4 Å². The van der Waals surface area contributed by atoms with Crippen molar-refractivity contribution in [2.45, 2.75) is 57.9 Å². The Labute approximate surface area is 105 Å².